The molecule has 0 amide bonds. The van der Waals surface area contributed by atoms with Gasteiger partial charge in [0.25, 0.3) is 0 Å². The SMILES string of the molecule is Fc1ccc(F)c(-n2nccc2Cc2nc3ncccc3n2CC2CC2)c1. The fourth-order valence-corrected chi connectivity index (χ4v) is 3.40. The van der Waals surface area contributed by atoms with Crippen LogP contribution in [-0.4, -0.2) is 24.3 Å². The van der Waals surface area contributed by atoms with E-state index in [1.165, 1.54) is 17.5 Å². The zero-order valence-electron chi connectivity index (χ0n) is 14.5. The summed E-state index contributed by atoms with van der Waals surface area (Å²) in [4.78, 5) is 9.05. The average Bonchev–Trinajstić information content (AvgIpc) is 3.27. The number of hydrogen-bond donors (Lipinski definition) is 0. The molecule has 1 aliphatic rings. The quantitative estimate of drug-likeness (QED) is 0.539. The number of aromatic nitrogens is 5. The summed E-state index contributed by atoms with van der Waals surface area (Å²) in [6.07, 6.45) is 6.23. The molecule has 0 bridgehead atoms. The summed E-state index contributed by atoms with van der Waals surface area (Å²) >= 11 is 0. The third-order valence-electron chi connectivity index (χ3n) is 4.94. The Bertz CT molecular complexity index is 1130. The number of nitrogens with zero attached hydrogens (tertiary/aromatic N) is 5. The molecule has 1 fully saturated rings. The van der Waals surface area contributed by atoms with Crippen molar-refractivity contribution in [2.24, 2.45) is 5.92 Å². The molecule has 0 saturated heterocycles. The van der Waals surface area contributed by atoms with Gasteiger partial charge in [-0.3, -0.25) is 0 Å². The van der Waals surface area contributed by atoms with Crippen molar-refractivity contribution in [2.75, 3.05) is 0 Å². The number of pyridine rings is 1. The first-order chi connectivity index (χ1) is 13.2. The van der Waals surface area contributed by atoms with Crippen LogP contribution in [0.15, 0.2) is 48.8 Å². The molecule has 27 heavy (non-hydrogen) atoms. The topological polar surface area (TPSA) is 48.5 Å². The minimum absolute atomic E-state index is 0.0954. The van der Waals surface area contributed by atoms with Gasteiger partial charge in [-0.2, -0.15) is 5.10 Å². The molecule has 136 valence electrons. The standard InChI is InChI=1S/C20H17F2N5/c21-14-5-6-16(22)18(10-14)27-15(7-9-24-27)11-19-25-20-17(2-1-8-23-20)26(19)12-13-3-4-13/h1-2,5-10,13H,3-4,11-12H2. The molecule has 0 spiro atoms. The lowest BCUT2D eigenvalue weighted by atomic mass is 10.2. The Kier molecular flexibility index (Phi) is 3.74. The van der Waals surface area contributed by atoms with Crippen molar-refractivity contribution in [1.82, 2.24) is 24.3 Å². The van der Waals surface area contributed by atoms with Gasteiger partial charge in [-0.05, 0) is 49.1 Å². The number of rotatable bonds is 5. The summed E-state index contributed by atoms with van der Waals surface area (Å²) in [7, 11) is 0. The van der Waals surface area contributed by atoms with Gasteiger partial charge in [0.1, 0.15) is 23.1 Å². The molecule has 1 aromatic carbocycles. The Morgan fingerprint density at radius 3 is 2.81 bits per heavy atom. The van der Waals surface area contributed by atoms with Crippen LogP contribution in [0.25, 0.3) is 16.9 Å². The van der Waals surface area contributed by atoms with Crippen LogP contribution in [0.5, 0.6) is 0 Å². The second kappa shape index (κ2) is 6.26. The average molecular weight is 365 g/mol. The Morgan fingerprint density at radius 1 is 1.07 bits per heavy atom. The van der Waals surface area contributed by atoms with E-state index < -0.39 is 11.6 Å². The van der Waals surface area contributed by atoms with Crippen molar-refractivity contribution < 1.29 is 8.78 Å². The van der Waals surface area contributed by atoms with E-state index in [1.807, 2.05) is 12.1 Å². The minimum atomic E-state index is -0.519. The highest BCUT2D eigenvalue weighted by molar-refractivity contribution is 5.71. The molecule has 5 nitrogen and oxygen atoms in total. The summed E-state index contributed by atoms with van der Waals surface area (Å²) in [5.74, 6) is 0.508. The van der Waals surface area contributed by atoms with Gasteiger partial charge < -0.3 is 4.57 Å². The molecule has 0 aliphatic heterocycles. The summed E-state index contributed by atoms with van der Waals surface area (Å²) in [5, 5.41) is 4.20. The van der Waals surface area contributed by atoms with Gasteiger partial charge in [-0.15, -0.1) is 0 Å². The van der Waals surface area contributed by atoms with Crippen molar-refractivity contribution in [1.29, 1.82) is 0 Å². The van der Waals surface area contributed by atoms with E-state index >= 15 is 0 Å². The van der Waals surface area contributed by atoms with Crippen molar-refractivity contribution in [3.8, 4) is 5.69 Å². The van der Waals surface area contributed by atoms with Gasteiger partial charge in [0.15, 0.2) is 5.65 Å². The molecule has 1 saturated carbocycles. The molecule has 0 N–H and O–H groups in total. The third kappa shape index (κ3) is 2.99. The van der Waals surface area contributed by atoms with Gasteiger partial charge >= 0.3 is 0 Å². The number of hydrogen-bond acceptors (Lipinski definition) is 3. The van der Waals surface area contributed by atoms with Crippen LogP contribution in [0.2, 0.25) is 0 Å². The summed E-state index contributed by atoms with van der Waals surface area (Å²) in [6.45, 7) is 0.903. The minimum Gasteiger partial charge on any atom is -0.326 e. The predicted molar refractivity (Wildman–Crippen MR) is 96.5 cm³/mol. The second-order valence-electron chi connectivity index (χ2n) is 6.94. The van der Waals surface area contributed by atoms with Gasteiger partial charge in [0.05, 0.1) is 11.2 Å². The Hall–Kier alpha value is -3.09. The van der Waals surface area contributed by atoms with E-state index in [9.17, 15) is 8.78 Å². The zero-order valence-corrected chi connectivity index (χ0v) is 14.5. The lowest BCUT2D eigenvalue weighted by Gasteiger charge is -2.11. The third-order valence-corrected chi connectivity index (χ3v) is 4.94. The Balaban J connectivity index is 1.57. The van der Waals surface area contributed by atoms with Crippen molar-refractivity contribution in [2.45, 2.75) is 25.8 Å². The molecule has 7 heteroatoms. The first-order valence-corrected chi connectivity index (χ1v) is 8.97. The Labute approximate surface area is 154 Å². The first-order valence-electron chi connectivity index (χ1n) is 8.97. The van der Waals surface area contributed by atoms with Crippen LogP contribution >= 0.6 is 0 Å². The van der Waals surface area contributed by atoms with E-state index in [4.69, 9.17) is 0 Å². The van der Waals surface area contributed by atoms with E-state index in [-0.39, 0.29) is 5.69 Å². The van der Waals surface area contributed by atoms with E-state index in [2.05, 4.69) is 19.6 Å². The number of imidazole rings is 1. The number of fused-ring (bicyclic) bond motifs is 1. The lowest BCUT2D eigenvalue weighted by Crippen LogP contribution is -2.10. The van der Waals surface area contributed by atoms with E-state index in [0.29, 0.717) is 18.0 Å². The molecular formula is C20H17F2N5. The van der Waals surface area contributed by atoms with Crippen LogP contribution in [-0.2, 0) is 13.0 Å². The normalized spacial score (nSPS) is 14.1. The lowest BCUT2D eigenvalue weighted by molar-refractivity contribution is 0.581. The van der Waals surface area contributed by atoms with Crippen molar-refractivity contribution >= 4 is 11.2 Å². The van der Waals surface area contributed by atoms with E-state index in [0.717, 1.165) is 41.8 Å². The summed E-state index contributed by atoms with van der Waals surface area (Å²) in [5.41, 5.74) is 2.54. The summed E-state index contributed by atoms with van der Waals surface area (Å²) < 4.78 is 31.5. The number of halogens is 2. The highest BCUT2D eigenvalue weighted by Gasteiger charge is 2.25. The Morgan fingerprint density at radius 2 is 1.96 bits per heavy atom. The maximum absolute atomic E-state index is 14.2. The fourth-order valence-electron chi connectivity index (χ4n) is 3.40. The highest BCUT2D eigenvalue weighted by Crippen LogP contribution is 2.32. The van der Waals surface area contributed by atoms with Crippen LogP contribution in [0, 0.1) is 17.6 Å². The van der Waals surface area contributed by atoms with Crippen LogP contribution in [0.1, 0.15) is 24.4 Å². The molecule has 1 aliphatic carbocycles. The largest absolute Gasteiger partial charge is 0.326 e. The van der Waals surface area contributed by atoms with Gasteiger partial charge in [-0.1, -0.05) is 0 Å². The maximum Gasteiger partial charge on any atom is 0.177 e. The van der Waals surface area contributed by atoms with E-state index in [1.54, 1.807) is 18.5 Å². The van der Waals surface area contributed by atoms with Crippen LogP contribution < -0.4 is 0 Å². The first kappa shape index (κ1) is 16.1. The van der Waals surface area contributed by atoms with Gasteiger partial charge in [0, 0.05) is 31.4 Å². The second-order valence-corrected chi connectivity index (χ2v) is 6.94. The van der Waals surface area contributed by atoms with Crippen molar-refractivity contribution in [3.05, 3.63) is 71.9 Å². The molecule has 4 aromatic rings. The molecule has 0 radical (unpaired) electrons. The maximum atomic E-state index is 14.2. The van der Waals surface area contributed by atoms with Gasteiger partial charge in [0.2, 0.25) is 0 Å². The molecular weight excluding hydrogens is 348 g/mol. The monoisotopic (exact) mass is 365 g/mol. The fraction of sp³-hybridized carbons (Fsp3) is 0.250. The smallest absolute Gasteiger partial charge is 0.177 e. The van der Waals surface area contributed by atoms with Crippen LogP contribution in [0.4, 0.5) is 8.78 Å². The van der Waals surface area contributed by atoms with Crippen molar-refractivity contribution in [3.63, 3.8) is 0 Å². The highest BCUT2D eigenvalue weighted by atomic mass is 19.1. The summed E-state index contributed by atoms with van der Waals surface area (Å²) in [6, 6.07) is 9.10. The van der Waals surface area contributed by atoms with Gasteiger partial charge in [-0.25, -0.2) is 23.4 Å². The number of benzene rings is 1. The molecule has 0 unspecified atom stereocenters. The zero-order chi connectivity index (χ0) is 18.4. The predicted octanol–water partition coefficient (Wildman–Crippen LogP) is 3.90. The molecule has 0 atom stereocenters. The molecule has 3 aromatic heterocycles. The molecule has 5 rings (SSSR count). The van der Waals surface area contributed by atoms with Crippen LogP contribution in [0.3, 0.4) is 0 Å². The molecule has 3 heterocycles.